The second kappa shape index (κ2) is 12.2. The first-order chi connectivity index (χ1) is 19.4. The number of anilines is 2. The van der Waals surface area contributed by atoms with Crippen molar-refractivity contribution in [2.24, 2.45) is 0 Å². The Bertz CT molecular complexity index is 1380. The lowest BCUT2D eigenvalue weighted by Crippen LogP contribution is -2.42. The van der Waals surface area contributed by atoms with Crippen LogP contribution in [0.1, 0.15) is 24.3 Å². The van der Waals surface area contributed by atoms with Crippen LogP contribution in [0.25, 0.3) is 11.3 Å². The standard InChI is InChI=1S/C29H34ClN5O5/c1-34(2)17-27(36)35-9-7-18(8-10-35)20-14-25(38-4)22(15-24(20)37-3)32-29-31-16-21(30)28(33-29)19-5-6-23-26(13-19)40-12-11-39-23/h5-6,13-16,18H,7-12,17H2,1-4H3,(H,31,32,33). The molecule has 3 aromatic rings. The molecule has 1 fully saturated rings. The van der Waals surface area contributed by atoms with Crippen molar-refractivity contribution in [1.29, 1.82) is 0 Å². The lowest BCUT2D eigenvalue weighted by atomic mass is 9.88. The van der Waals surface area contributed by atoms with Gasteiger partial charge in [0.25, 0.3) is 0 Å². The van der Waals surface area contributed by atoms with Gasteiger partial charge >= 0.3 is 0 Å². The van der Waals surface area contributed by atoms with Crippen LogP contribution in [0.2, 0.25) is 5.02 Å². The van der Waals surface area contributed by atoms with Crippen LogP contribution in [0, 0.1) is 0 Å². The van der Waals surface area contributed by atoms with E-state index >= 15 is 0 Å². The van der Waals surface area contributed by atoms with Gasteiger partial charge in [-0.15, -0.1) is 0 Å². The lowest BCUT2D eigenvalue weighted by molar-refractivity contribution is -0.132. The summed E-state index contributed by atoms with van der Waals surface area (Å²) >= 11 is 6.49. The van der Waals surface area contributed by atoms with Gasteiger partial charge in [-0.2, -0.15) is 0 Å². The molecule has 1 saturated heterocycles. The Morgan fingerprint density at radius 2 is 1.80 bits per heavy atom. The molecule has 0 radical (unpaired) electrons. The van der Waals surface area contributed by atoms with Gasteiger partial charge in [0.1, 0.15) is 24.7 Å². The molecule has 11 heteroatoms. The van der Waals surface area contributed by atoms with E-state index in [1.54, 1.807) is 20.4 Å². The predicted molar refractivity (Wildman–Crippen MR) is 153 cm³/mol. The number of carbonyl (C=O) groups excluding carboxylic acids is 1. The van der Waals surface area contributed by atoms with E-state index in [0.29, 0.717) is 72.4 Å². The summed E-state index contributed by atoms with van der Waals surface area (Å²) in [5.74, 6) is 3.49. The topological polar surface area (TPSA) is 98.3 Å². The molecule has 1 aromatic heterocycles. The highest BCUT2D eigenvalue weighted by atomic mass is 35.5. The fourth-order valence-corrected chi connectivity index (χ4v) is 5.29. The lowest BCUT2D eigenvalue weighted by Gasteiger charge is -2.33. The van der Waals surface area contributed by atoms with Gasteiger partial charge in [0.05, 0.1) is 43.4 Å². The number of rotatable bonds is 8. The Morgan fingerprint density at radius 3 is 2.50 bits per heavy atom. The van der Waals surface area contributed by atoms with Gasteiger partial charge in [0, 0.05) is 30.3 Å². The minimum atomic E-state index is 0.158. The van der Waals surface area contributed by atoms with Crippen molar-refractivity contribution < 1.29 is 23.7 Å². The van der Waals surface area contributed by atoms with E-state index in [1.807, 2.05) is 54.2 Å². The number of benzene rings is 2. The molecule has 0 aliphatic carbocycles. The first-order valence-electron chi connectivity index (χ1n) is 13.2. The predicted octanol–water partition coefficient (Wildman–Crippen LogP) is 4.60. The molecule has 40 heavy (non-hydrogen) atoms. The zero-order valence-electron chi connectivity index (χ0n) is 23.2. The smallest absolute Gasteiger partial charge is 0.236 e. The van der Waals surface area contributed by atoms with Crippen LogP contribution in [0.15, 0.2) is 36.5 Å². The summed E-state index contributed by atoms with van der Waals surface area (Å²) in [5, 5.41) is 3.68. The molecule has 0 unspecified atom stereocenters. The summed E-state index contributed by atoms with van der Waals surface area (Å²) < 4.78 is 22.9. The third-order valence-electron chi connectivity index (χ3n) is 7.10. The van der Waals surface area contributed by atoms with Crippen molar-refractivity contribution in [3.05, 3.63) is 47.1 Å². The molecule has 212 valence electrons. The van der Waals surface area contributed by atoms with Gasteiger partial charge in [0.15, 0.2) is 11.5 Å². The summed E-state index contributed by atoms with van der Waals surface area (Å²) in [6, 6.07) is 9.51. The average Bonchev–Trinajstić information content (AvgIpc) is 2.97. The number of hydrogen-bond acceptors (Lipinski definition) is 9. The highest BCUT2D eigenvalue weighted by Crippen LogP contribution is 2.42. The van der Waals surface area contributed by atoms with Gasteiger partial charge in [-0.1, -0.05) is 11.6 Å². The number of ether oxygens (including phenoxy) is 4. The van der Waals surface area contributed by atoms with Gasteiger partial charge < -0.3 is 34.1 Å². The van der Waals surface area contributed by atoms with Gasteiger partial charge in [-0.25, -0.2) is 9.97 Å². The highest BCUT2D eigenvalue weighted by molar-refractivity contribution is 6.32. The number of halogens is 1. The van der Waals surface area contributed by atoms with E-state index in [2.05, 4.69) is 15.3 Å². The van der Waals surface area contributed by atoms with Crippen molar-refractivity contribution >= 4 is 29.1 Å². The van der Waals surface area contributed by atoms with E-state index in [4.69, 9.17) is 30.5 Å². The molecular formula is C29H34ClN5O5. The summed E-state index contributed by atoms with van der Waals surface area (Å²) in [7, 11) is 7.10. The average molecular weight is 568 g/mol. The van der Waals surface area contributed by atoms with E-state index in [1.165, 1.54) is 0 Å². The van der Waals surface area contributed by atoms with E-state index < -0.39 is 0 Å². The van der Waals surface area contributed by atoms with E-state index in [-0.39, 0.29) is 11.8 Å². The Hall–Kier alpha value is -3.76. The third-order valence-corrected chi connectivity index (χ3v) is 7.37. The van der Waals surface area contributed by atoms with Crippen LogP contribution in [0.5, 0.6) is 23.0 Å². The maximum absolute atomic E-state index is 12.5. The van der Waals surface area contributed by atoms with Crippen molar-refractivity contribution in [3.8, 4) is 34.3 Å². The molecule has 2 aliphatic heterocycles. The molecule has 10 nitrogen and oxygen atoms in total. The molecule has 2 aliphatic rings. The van der Waals surface area contributed by atoms with Crippen LogP contribution in [-0.2, 0) is 4.79 Å². The van der Waals surface area contributed by atoms with Crippen molar-refractivity contribution in [3.63, 3.8) is 0 Å². The number of carbonyl (C=O) groups is 1. The van der Waals surface area contributed by atoms with Gasteiger partial charge in [-0.3, -0.25) is 4.79 Å². The van der Waals surface area contributed by atoms with Gasteiger partial charge in [0.2, 0.25) is 11.9 Å². The molecular weight excluding hydrogens is 534 g/mol. The zero-order valence-corrected chi connectivity index (χ0v) is 24.0. The number of fused-ring (bicyclic) bond motifs is 1. The molecule has 0 atom stereocenters. The monoisotopic (exact) mass is 567 g/mol. The highest BCUT2D eigenvalue weighted by Gasteiger charge is 2.27. The summed E-state index contributed by atoms with van der Waals surface area (Å²) in [6.07, 6.45) is 3.27. The largest absolute Gasteiger partial charge is 0.496 e. The fraction of sp³-hybridized carbons (Fsp3) is 0.414. The molecule has 0 saturated carbocycles. The molecule has 1 amide bonds. The number of nitrogens with one attached hydrogen (secondary N) is 1. The molecule has 2 aromatic carbocycles. The Balaban J connectivity index is 1.37. The van der Waals surface area contributed by atoms with Crippen LogP contribution >= 0.6 is 11.6 Å². The number of hydrogen-bond donors (Lipinski definition) is 1. The normalized spacial score (nSPS) is 15.2. The SMILES string of the molecule is COc1cc(C2CCN(C(=O)CN(C)C)CC2)c(OC)cc1Nc1ncc(Cl)c(-c2ccc3c(c2)OCCO3)n1. The maximum atomic E-state index is 12.5. The number of nitrogens with zero attached hydrogens (tertiary/aromatic N) is 4. The second-order valence-corrected chi connectivity index (χ2v) is 10.5. The number of aromatic nitrogens is 2. The molecule has 5 rings (SSSR count). The van der Waals surface area contributed by atoms with E-state index in [0.717, 1.165) is 29.7 Å². The minimum absolute atomic E-state index is 0.158. The number of methoxy groups -OCH3 is 2. The van der Waals surface area contributed by atoms with Crippen LogP contribution in [0.4, 0.5) is 11.6 Å². The molecule has 3 heterocycles. The Morgan fingerprint density at radius 1 is 1.07 bits per heavy atom. The first-order valence-corrected chi connectivity index (χ1v) is 13.6. The van der Waals surface area contributed by atoms with Gasteiger partial charge in [-0.05, 0) is 57.1 Å². The van der Waals surface area contributed by atoms with Crippen molar-refractivity contribution in [2.45, 2.75) is 18.8 Å². The van der Waals surface area contributed by atoms with Crippen molar-refractivity contribution in [2.75, 3.05) is 66.5 Å². The van der Waals surface area contributed by atoms with Crippen LogP contribution in [0.3, 0.4) is 0 Å². The fourth-order valence-electron chi connectivity index (χ4n) is 5.09. The second-order valence-electron chi connectivity index (χ2n) is 10.1. The minimum Gasteiger partial charge on any atom is -0.496 e. The van der Waals surface area contributed by atoms with Crippen LogP contribution in [-0.4, -0.2) is 86.8 Å². The summed E-state index contributed by atoms with van der Waals surface area (Å²) in [4.78, 5) is 25.4. The van der Waals surface area contributed by atoms with Crippen LogP contribution < -0.4 is 24.3 Å². The first kappa shape index (κ1) is 27.8. The number of amides is 1. The van der Waals surface area contributed by atoms with Crippen molar-refractivity contribution in [1.82, 2.24) is 19.8 Å². The number of likely N-dealkylation sites (tertiary alicyclic amines) is 1. The van der Waals surface area contributed by atoms with E-state index in [9.17, 15) is 4.79 Å². The summed E-state index contributed by atoms with van der Waals surface area (Å²) in [5.41, 5.74) is 3.07. The molecule has 1 N–H and O–H groups in total. The maximum Gasteiger partial charge on any atom is 0.236 e. The summed E-state index contributed by atoms with van der Waals surface area (Å²) in [6.45, 7) is 2.86. The zero-order chi connectivity index (χ0) is 28.2. The third kappa shape index (κ3) is 6.03. The molecule has 0 spiro atoms. The molecule has 0 bridgehead atoms. The Labute approximate surface area is 239 Å². The number of likely N-dealkylation sites (N-methyl/N-ethyl adjacent to an activating group) is 1. The quantitative estimate of drug-likeness (QED) is 0.419. The number of piperidine rings is 1. The Kier molecular flexibility index (Phi) is 8.46.